The molecule has 0 radical (unpaired) electrons. The van der Waals surface area contributed by atoms with E-state index < -0.39 is 0 Å². The van der Waals surface area contributed by atoms with Crippen molar-refractivity contribution in [1.82, 2.24) is 10.3 Å². The lowest BCUT2D eigenvalue weighted by Crippen LogP contribution is -2.46. The summed E-state index contributed by atoms with van der Waals surface area (Å²) in [6, 6.07) is 14.7. The van der Waals surface area contributed by atoms with E-state index in [0.717, 1.165) is 50.6 Å². The second-order valence-electron chi connectivity index (χ2n) is 6.10. The van der Waals surface area contributed by atoms with Gasteiger partial charge in [0.1, 0.15) is 5.82 Å². The molecule has 0 atom stereocenters. The van der Waals surface area contributed by atoms with Crippen LogP contribution in [0.2, 0.25) is 0 Å². The Morgan fingerprint density at radius 3 is 2.40 bits per heavy atom. The number of para-hydroxylation sites is 1. The summed E-state index contributed by atoms with van der Waals surface area (Å²) in [6.07, 6.45) is 2.90. The van der Waals surface area contributed by atoms with Crippen LogP contribution in [0.1, 0.15) is 13.3 Å². The molecule has 2 aromatic rings. The van der Waals surface area contributed by atoms with E-state index in [2.05, 4.69) is 68.7 Å². The minimum Gasteiger partial charge on any atom is -0.368 e. The van der Waals surface area contributed by atoms with Gasteiger partial charge < -0.3 is 20.4 Å². The number of pyridine rings is 1. The molecule has 0 aliphatic carbocycles. The maximum atomic E-state index is 5.25. The average Bonchev–Trinajstić information content (AvgIpc) is 2.68. The molecule has 0 unspecified atom stereocenters. The third-order valence-electron chi connectivity index (χ3n) is 4.27. The molecule has 1 fully saturated rings. The van der Waals surface area contributed by atoms with Crippen molar-refractivity contribution in [3.8, 4) is 0 Å². The summed E-state index contributed by atoms with van der Waals surface area (Å²) in [5.74, 6) is 1.02. The van der Waals surface area contributed by atoms with Crippen LogP contribution < -0.4 is 20.4 Å². The molecule has 0 amide bonds. The van der Waals surface area contributed by atoms with E-state index in [1.165, 1.54) is 5.69 Å². The zero-order valence-electron chi connectivity index (χ0n) is 14.6. The molecule has 3 rings (SSSR count). The van der Waals surface area contributed by atoms with Crippen LogP contribution >= 0.6 is 12.2 Å². The summed E-state index contributed by atoms with van der Waals surface area (Å²) >= 11 is 5.25. The second-order valence-corrected chi connectivity index (χ2v) is 6.50. The SMILES string of the molecule is CCCNC(=S)Nc1ccc(N2CCN(c3ccccc3)CC2)nc1. The molecule has 5 nitrogen and oxygen atoms in total. The normalized spacial score (nSPS) is 14.3. The van der Waals surface area contributed by atoms with E-state index in [4.69, 9.17) is 12.2 Å². The first-order valence-corrected chi connectivity index (χ1v) is 9.23. The van der Waals surface area contributed by atoms with Gasteiger partial charge in [0.2, 0.25) is 0 Å². The summed E-state index contributed by atoms with van der Waals surface area (Å²) in [5.41, 5.74) is 2.21. The minimum absolute atomic E-state index is 0.646. The van der Waals surface area contributed by atoms with Gasteiger partial charge in [-0.15, -0.1) is 0 Å². The van der Waals surface area contributed by atoms with E-state index in [1.807, 2.05) is 12.3 Å². The van der Waals surface area contributed by atoms with Crippen LogP contribution in [0, 0.1) is 0 Å². The fourth-order valence-electron chi connectivity index (χ4n) is 2.89. The van der Waals surface area contributed by atoms with Crippen LogP contribution in [0.5, 0.6) is 0 Å². The molecule has 1 aromatic carbocycles. The second kappa shape index (κ2) is 8.67. The van der Waals surface area contributed by atoms with Gasteiger partial charge in [-0.2, -0.15) is 0 Å². The highest BCUT2D eigenvalue weighted by atomic mass is 32.1. The van der Waals surface area contributed by atoms with E-state index >= 15 is 0 Å². The van der Waals surface area contributed by atoms with E-state index in [0.29, 0.717) is 5.11 Å². The van der Waals surface area contributed by atoms with Crippen molar-refractivity contribution >= 4 is 34.5 Å². The van der Waals surface area contributed by atoms with Crippen LogP contribution in [0.25, 0.3) is 0 Å². The highest BCUT2D eigenvalue weighted by Crippen LogP contribution is 2.19. The van der Waals surface area contributed by atoms with E-state index in [9.17, 15) is 0 Å². The lowest BCUT2D eigenvalue weighted by Gasteiger charge is -2.36. The first-order valence-electron chi connectivity index (χ1n) is 8.82. The highest BCUT2D eigenvalue weighted by Gasteiger charge is 2.18. The van der Waals surface area contributed by atoms with Crippen molar-refractivity contribution in [2.75, 3.05) is 47.8 Å². The number of piperazine rings is 1. The van der Waals surface area contributed by atoms with E-state index in [1.54, 1.807) is 0 Å². The van der Waals surface area contributed by atoms with Crippen LogP contribution in [-0.2, 0) is 0 Å². The van der Waals surface area contributed by atoms with Gasteiger partial charge in [-0.05, 0) is 42.9 Å². The Balaban J connectivity index is 1.52. The number of anilines is 3. The number of rotatable bonds is 5. The van der Waals surface area contributed by atoms with Crippen molar-refractivity contribution in [2.45, 2.75) is 13.3 Å². The third-order valence-corrected chi connectivity index (χ3v) is 4.51. The number of hydrogen-bond donors (Lipinski definition) is 2. The maximum Gasteiger partial charge on any atom is 0.170 e. The smallest absolute Gasteiger partial charge is 0.170 e. The first-order chi connectivity index (χ1) is 12.3. The summed E-state index contributed by atoms with van der Waals surface area (Å²) in [5, 5.41) is 6.97. The Bertz CT molecular complexity index is 666. The molecule has 1 aromatic heterocycles. The third kappa shape index (κ3) is 4.82. The Labute approximate surface area is 155 Å². The van der Waals surface area contributed by atoms with Gasteiger partial charge >= 0.3 is 0 Å². The largest absolute Gasteiger partial charge is 0.368 e. The summed E-state index contributed by atoms with van der Waals surface area (Å²) in [4.78, 5) is 9.34. The lowest BCUT2D eigenvalue weighted by molar-refractivity contribution is 0.647. The quantitative estimate of drug-likeness (QED) is 0.804. The monoisotopic (exact) mass is 355 g/mol. The van der Waals surface area contributed by atoms with Gasteiger partial charge in [-0.3, -0.25) is 0 Å². The fourth-order valence-corrected chi connectivity index (χ4v) is 3.11. The molecule has 0 saturated carbocycles. The average molecular weight is 356 g/mol. The Kier molecular flexibility index (Phi) is 6.06. The lowest BCUT2D eigenvalue weighted by atomic mass is 10.2. The summed E-state index contributed by atoms with van der Waals surface area (Å²) < 4.78 is 0. The summed E-state index contributed by atoms with van der Waals surface area (Å²) in [7, 11) is 0. The zero-order chi connectivity index (χ0) is 17.5. The van der Waals surface area contributed by atoms with E-state index in [-0.39, 0.29) is 0 Å². The van der Waals surface area contributed by atoms with Crippen LogP contribution in [-0.4, -0.2) is 42.8 Å². The highest BCUT2D eigenvalue weighted by molar-refractivity contribution is 7.80. The Hall–Kier alpha value is -2.34. The van der Waals surface area contributed by atoms with Gasteiger partial charge in [0.05, 0.1) is 11.9 Å². The van der Waals surface area contributed by atoms with Crippen molar-refractivity contribution < 1.29 is 0 Å². The molecule has 1 saturated heterocycles. The fraction of sp³-hybridized carbons (Fsp3) is 0.368. The van der Waals surface area contributed by atoms with Crippen LogP contribution in [0.4, 0.5) is 17.2 Å². The number of aromatic nitrogens is 1. The minimum atomic E-state index is 0.646. The van der Waals surface area contributed by atoms with Crippen LogP contribution in [0.15, 0.2) is 48.7 Å². The molecule has 25 heavy (non-hydrogen) atoms. The van der Waals surface area contributed by atoms with Crippen molar-refractivity contribution in [3.63, 3.8) is 0 Å². The van der Waals surface area contributed by atoms with Gasteiger partial charge in [0, 0.05) is 38.4 Å². The number of hydrogen-bond acceptors (Lipinski definition) is 4. The Morgan fingerprint density at radius 2 is 1.76 bits per heavy atom. The molecular formula is C19H25N5S. The van der Waals surface area contributed by atoms with Crippen LogP contribution in [0.3, 0.4) is 0 Å². The van der Waals surface area contributed by atoms with Gasteiger partial charge in [-0.25, -0.2) is 4.98 Å². The van der Waals surface area contributed by atoms with Crippen molar-refractivity contribution in [2.24, 2.45) is 0 Å². The molecule has 6 heteroatoms. The molecule has 1 aliphatic rings. The maximum absolute atomic E-state index is 5.25. The number of thiocarbonyl (C=S) groups is 1. The molecule has 132 valence electrons. The van der Waals surface area contributed by atoms with Crippen molar-refractivity contribution in [1.29, 1.82) is 0 Å². The molecule has 2 heterocycles. The van der Waals surface area contributed by atoms with Gasteiger partial charge in [0.15, 0.2) is 5.11 Å². The number of benzene rings is 1. The number of nitrogens with zero attached hydrogens (tertiary/aromatic N) is 3. The predicted octanol–water partition coefficient (Wildman–Crippen LogP) is 3.10. The molecule has 0 spiro atoms. The van der Waals surface area contributed by atoms with Crippen molar-refractivity contribution in [3.05, 3.63) is 48.7 Å². The first kappa shape index (κ1) is 17.5. The Morgan fingerprint density at radius 1 is 1.04 bits per heavy atom. The molecule has 2 N–H and O–H groups in total. The van der Waals surface area contributed by atoms with Gasteiger partial charge in [0.25, 0.3) is 0 Å². The number of nitrogens with one attached hydrogen (secondary N) is 2. The molecule has 1 aliphatic heterocycles. The molecule has 0 bridgehead atoms. The standard InChI is InChI=1S/C19H25N5S/c1-2-10-20-19(25)22-16-8-9-18(21-15-16)24-13-11-23(12-14-24)17-6-4-3-5-7-17/h3-9,15H,2,10-14H2,1H3,(H2,20,22,25). The topological polar surface area (TPSA) is 43.4 Å². The predicted molar refractivity (Wildman–Crippen MR) is 110 cm³/mol. The summed E-state index contributed by atoms with van der Waals surface area (Å²) in [6.45, 7) is 6.97. The zero-order valence-corrected chi connectivity index (χ0v) is 15.4. The van der Waals surface area contributed by atoms with Gasteiger partial charge in [-0.1, -0.05) is 25.1 Å². The molecular weight excluding hydrogens is 330 g/mol.